The zero-order chi connectivity index (χ0) is 24.3. The molecule has 0 fully saturated rings. The van der Waals surface area contributed by atoms with Crippen molar-refractivity contribution in [3.63, 3.8) is 0 Å². The third-order valence-electron chi connectivity index (χ3n) is 4.54. The van der Waals surface area contributed by atoms with Gasteiger partial charge in [0.1, 0.15) is 5.69 Å². The number of thiocarbonyl (C=S) groups is 1. The molecule has 0 saturated heterocycles. The number of aryl methyl sites for hydroxylation is 1. The summed E-state index contributed by atoms with van der Waals surface area (Å²) in [7, 11) is 1.54. The number of benzene rings is 2. The SMILES string of the molecule is C/C(=N\NC(=S)Nc1cccc(C(=O)O)c1)c1nn(C)c(-c2ccc(C(F)(F)F)cc2)c1O. The van der Waals surface area contributed by atoms with Crippen LogP contribution in [0.25, 0.3) is 11.3 Å². The number of halogens is 3. The van der Waals surface area contributed by atoms with Gasteiger partial charge in [-0.2, -0.15) is 23.4 Å². The molecule has 0 aliphatic rings. The maximum absolute atomic E-state index is 12.8. The molecular formula is C21H18F3N5O3S. The van der Waals surface area contributed by atoms with Crippen LogP contribution in [-0.4, -0.2) is 36.8 Å². The number of aromatic carboxylic acids is 1. The van der Waals surface area contributed by atoms with Crippen molar-refractivity contribution >= 4 is 34.7 Å². The zero-order valence-corrected chi connectivity index (χ0v) is 18.1. The molecule has 3 rings (SSSR count). The maximum atomic E-state index is 12.8. The molecule has 0 amide bonds. The Morgan fingerprint density at radius 3 is 2.45 bits per heavy atom. The standard InChI is InChI=1S/C21H18F3N5O3S/c1-11(26-27-20(33)25-15-5-3-4-13(10-15)19(31)32)16-18(30)17(29(2)28-16)12-6-8-14(9-7-12)21(22,23)24/h3-10,30H,1-2H3,(H,31,32)(H2,25,27,33)/b26-11+. The second kappa shape index (κ2) is 9.28. The monoisotopic (exact) mass is 477 g/mol. The Morgan fingerprint density at radius 2 is 1.85 bits per heavy atom. The van der Waals surface area contributed by atoms with E-state index >= 15 is 0 Å². The molecule has 2 aromatic carbocycles. The Hall–Kier alpha value is -3.93. The molecule has 0 radical (unpaired) electrons. The molecule has 0 bridgehead atoms. The molecule has 4 N–H and O–H groups in total. The van der Waals surface area contributed by atoms with Crippen LogP contribution in [0.2, 0.25) is 0 Å². The number of aromatic nitrogens is 2. The lowest BCUT2D eigenvalue weighted by molar-refractivity contribution is -0.137. The molecule has 0 atom stereocenters. The van der Waals surface area contributed by atoms with Crippen LogP contribution in [0, 0.1) is 0 Å². The maximum Gasteiger partial charge on any atom is 0.416 e. The Balaban J connectivity index is 1.76. The molecule has 8 nitrogen and oxygen atoms in total. The van der Waals surface area contributed by atoms with Crippen LogP contribution in [0.5, 0.6) is 5.75 Å². The predicted octanol–water partition coefficient (Wildman–Crippen LogP) is 4.22. The molecule has 1 aromatic heterocycles. The predicted molar refractivity (Wildman–Crippen MR) is 120 cm³/mol. The lowest BCUT2D eigenvalue weighted by Gasteiger charge is -2.08. The van der Waals surface area contributed by atoms with Gasteiger partial charge < -0.3 is 15.5 Å². The Bertz CT molecular complexity index is 1240. The topological polar surface area (TPSA) is 112 Å². The highest BCUT2D eigenvalue weighted by molar-refractivity contribution is 7.80. The number of aromatic hydroxyl groups is 1. The van der Waals surface area contributed by atoms with Gasteiger partial charge in [0, 0.05) is 18.3 Å². The first-order valence-electron chi connectivity index (χ1n) is 9.36. The van der Waals surface area contributed by atoms with Crippen LogP contribution in [0.3, 0.4) is 0 Å². The molecule has 0 saturated carbocycles. The quantitative estimate of drug-likeness (QED) is 0.247. The number of hydrogen-bond acceptors (Lipinski definition) is 5. The van der Waals surface area contributed by atoms with E-state index in [1.165, 1.54) is 28.9 Å². The summed E-state index contributed by atoms with van der Waals surface area (Å²) in [5.74, 6) is -1.34. The highest BCUT2D eigenvalue weighted by Gasteiger charge is 2.30. The summed E-state index contributed by atoms with van der Waals surface area (Å²) in [6, 6.07) is 10.4. The van der Waals surface area contributed by atoms with Gasteiger partial charge in [-0.05, 0) is 49.5 Å². The van der Waals surface area contributed by atoms with E-state index in [1.54, 1.807) is 26.1 Å². The second-order valence-corrected chi connectivity index (χ2v) is 7.30. The van der Waals surface area contributed by atoms with E-state index in [0.717, 1.165) is 12.1 Å². The lowest BCUT2D eigenvalue weighted by atomic mass is 10.1. The van der Waals surface area contributed by atoms with Crippen molar-refractivity contribution in [1.29, 1.82) is 0 Å². The van der Waals surface area contributed by atoms with E-state index < -0.39 is 17.7 Å². The van der Waals surface area contributed by atoms with Crippen LogP contribution >= 0.6 is 12.2 Å². The summed E-state index contributed by atoms with van der Waals surface area (Å²) in [6.07, 6.45) is -4.46. The lowest BCUT2D eigenvalue weighted by Crippen LogP contribution is -2.25. The van der Waals surface area contributed by atoms with Gasteiger partial charge in [-0.25, -0.2) is 4.79 Å². The molecule has 12 heteroatoms. The fraction of sp³-hybridized carbons (Fsp3) is 0.143. The normalized spacial score (nSPS) is 11.8. The Kier molecular flexibility index (Phi) is 6.68. The number of carbonyl (C=O) groups is 1. The molecule has 0 aliphatic heterocycles. The Morgan fingerprint density at radius 1 is 1.18 bits per heavy atom. The van der Waals surface area contributed by atoms with Gasteiger partial charge >= 0.3 is 12.1 Å². The van der Waals surface area contributed by atoms with Gasteiger partial charge in [0.05, 0.1) is 16.8 Å². The van der Waals surface area contributed by atoms with Gasteiger partial charge in [-0.3, -0.25) is 10.1 Å². The smallest absolute Gasteiger partial charge is 0.416 e. The van der Waals surface area contributed by atoms with Crippen LogP contribution in [-0.2, 0) is 13.2 Å². The minimum Gasteiger partial charge on any atom is -0.504 e. The fourth-order valence-corrected chi connectivity index (χ4v) is 3.14. The van der Waals surface area contributed by atoms with E-state index in [9.17, 15) is 23.1 Å². The minimum absolute atomic E-state index is 0.0651. The summed E-state index contributed by atoms with van der Waals surface area (Å²) in [4.78, 5) is 11.1. The number of hydrazone groups is 1. The first kappa shape index (κ1) is 23.7. The largest absolute Gasteiger partial charge is 0.504 e. The number of hydrogen-bond donors (Lipinski definition) is 4. The number of carboxylic acid groups (broad SMARTS) is 1. The number of rotatable bonds is 5. The van der Waals surface area contributed by atoms with Crippen LogP contribution in [0.15, 0.2) is 53.6 Å². The van der Waals surface area contributed by atoms with Crippen molar-refractivity contribution in [3.8, 4) is 17.0 Å². The number of alkyl halides is 3. The average molecular weight is 477 g/mol. The number of carboxylic acids is 1. The summed E-state index contributed by atoms with van der Waals surface area (Å²) >= 11 is 5.14. The van der Waals surface area contributed by atoms with Gasteiger partial charge in [0.25, 0.3) is 0 Å². The molecule has 0 spiro atoms. The van der Waals surface area contributed by atoms with Crippen molar-refractivity contribution < 1.29 is 28.2 Å². The van der Waals surface area contributed by atoms with Gasteiger partial charge in [0.15, 0.2) is 16.6 Å². The zero-order valence-electron chi connectivity index (χ0n) is 17.3. The minimum atomic E-state index is -4.46. The summed E-state index contributed by atoms with van der Waals surface area (Å²) in [5, 5.41) is 30.8. The first-order valence-corrected chi connectivity index (χ1v) is 9.77. The molecule has 0 aliphatic carbocycles. The molecule has 172 valence electrons. The van der Waals surface area contributed by atoms with Gasteiger partial charge in [0.2, 0.25) is 0 Å². The molecule has 1 heterocycles. The van der Waals surface area contributed by atoms with Crippen LogP contribution < -0.4 is 10.7 Å². The Labute approximate surface area is 191 Å². The third kappa shape index (κ3) is 5.47. The highest BCUT2D eigenvalue weighted by Crippen LogP contribution is 2.35. The molecule has 33 heavy (non-hydrogen) atoms. The second-order valence-electron chi connectivity index (χ2n) is 6.89. The molecule has 3 aromatic rings. The van der Waals surface area contributed by atoms with Crippen molar-refractivity contribution in [2.24, 2.45) is 12.1 Å². The molecule has 0 unspecified atom stereocenters. The van der Waals surface area contributed by atoms with Crippen molar-refractivity contribution in [2.75, 3.05) is 5.32 Å². The van der Waals surface area contributed by atoms with Gasteiger partial charge in [-0.15, -0.1) is 0 Å². The fourth-order valence-electron chi connectivity index (χ4n) is 2.97. The van der Waals surface area contributed by atoms with E-state index in [-0.39, 0.29) is 33.5 Å². The van der Waals surface area contributed by atoms with Crippen molar-refractivity contribution in [1.82, 2.24) is 15.2 Å². The number of nitrogens with one attached hydrogen (secondary N) is 2. The van der Waals surface area contributed by atoms with E-state index in [0.29, 0.717) is 11.3 Å². The van der Waals surface area contributed by atoms with Crippen LogP contribution in [0.1, 0.15) is 28.5 Å². The molecular weight excluding hydrogens is 459 g/mol. The highest BCUT2D eigenvalue weighted by atomic mass is 32.1. The van der Waals surface area contributed by atoms with Crippen LogP contribution in [0.4, 0.5) is 18.9 Å². The average Bonchev–Trinajstić information content (AvgIpc) is 3.05. The number of anilines is 1. The third-order valence-corrected chi connectivity index (χ3v) is 4.74. The van der Waals surface area contributed by atoms with Crippen molar-refractivity contribution in [2.45, 2.75) is 13.1 Å². The summed E-state index contributed by atoms with van der Waals surface area (Å²) in [6.45, 7) is 1.55. The van der Waals surface area contributed by atoms with Gasteiger partial charge in [-0.1, -0.05) is 18.2 Å². The van der Waals surface area contributed by atoms with Crippen molar-refractivity contribution in [3.05, 3.63) is 65.4 Å². The summed E-state index contributed by atoms with van der Waals surface area (Å²) in [5.41, 5.74) is 3.22. The summed E-state index contributed by atoms with van der Waals surface area (Å²) < 4.78 is 39.7. The van der Waals surface area contributed by atoms with E-state index in [4.69, 9.17) is 17.3 Å². The van der Waals surface area contributed by atoms with E-state index in [1.807, 2.05) is 0 Å². The first-order chi connectivity index (χ1) is 15.5. The number of nitrogens with zero attached hydrogens (tertiary/aromatic N) is 3. The van der Waals surface area contributed by atoms with E-state index in [2.05, 4.69) is 20.9 Å².